The molecule has 0 saturated heterocycles. The maximum absolute atomic E-state index is 9.46. The van der Waals surface area contributed by atoms with E-state index in [-0.39, 0.29) is 0 Å². The Labute approximate surface area is 70.9 Å². The molecule has 0 unspecified atom stereocenters. The number of thiazole rings is 1. The van der Waals surface area contributed by atoms with Gasteiger partial charge in [-0.15, -0.1) is 11.3 Å². The van der Waals surface area contributed by atoms with E-state index in [1.165, 1.54) is 0 Å². The van der Waals surface area contributed by atoms with Crippen LogP contribution in [-0.4, -0.2) is 15.7 Å². The number of aliphatic hydroxyl groups is 1. The van der Waals surface area contributed by atoms with Crippen molar-refractivity contribution >= 4 is 11.3 Å². The van der Waals surface area contributed by atoms with Crippen molar-refractivity contribution in [1.82, 2.24) is 4.98 Å². The van der Waals surface area contributed by atoms with Gasteiger partial charge in [-0.3, -0.25) is 0 Å². The molecular weight excluding hydrogens is 158 g/mol. The van der Waals surface area contributed by atoms with Crippen molar-refractivity contribution < 1.29 is 5.11 Å². The molecule has 0 bridgehead atoms. The van der Waals surface area contributed by atoms with Gasteiger partial charge >= 0.3 is 0 Å². The van der Waals surface area contributed by atoms with E-state index < -0.39 is 5.60 Å². The van der Waals surface area contributed by atoms with Gasteiger partial charge < -0.3 is 5.11 Å². The number of aryl methyl sites for hydroxylation is 1. The molecule has 0 spiro atoms. The summed E-state index contributed by atoms with van der Waals surface area (Å²) in [4.78, 5) is 5.26. The van der Waals surface area contributed by atoms with Crippen molar-refractivity contribution in [2.45, 2.75) is 32.8 Å². The van der Waals surface area contributed by atoms with Crippen molar-refractivity contribution in [2.24, 2.45) is 0 Å². The molecule has 0 aromatic carbocycles. The fourth-order valence-corrected chi connectivity index (χ4v) is 1.93. The van der Waals surface area contributed by atoms with Crippen molar-refractivity contribution in [1.29, 1.82) is 0 Å². The third kappa shape index (κ3) is 2.99. The summed E-state index contributed by atoms with van der Waals surface area (Å²) in [6, 6.07) is 0. The van der Waals surface area contributed by atoms with Crippen LogP contribution in [0.25, 0.3) is 0 Å². The van der Waals surface area contributed by atoms with Crippen LogP contribution in [0.3, 0.4) is 0 Å². The van der Waals surface area contributed by atoms with Crippen LogP contribution in [0.1, 0.15) is 23.7 Å². The number of hydrogen-bond donors (Lipinski definition) is 1. The molecule has 62 valence electrons. The molecule has 0 atom stereocenters. The third-order valence-corrected chi connectivity index (χ3v) is 2.19. The van der Waals surface area contributed by atoms with Crippen molar-refractivity contribution in [2.75, 3.05) is 0 Å². The highest BCUT2D eigenvalue weighted by molar-refractivity contribution is 7.11. The molecule has 0 amide bonds. The zero-order chi connectivity index (χ0) is 8.48. The first kappa shape index (κ1) is 8.68. The molecule has 1 aromatic heterocycles. The number of hydrogen-bond acceptors (Lipinski definition) is 3. The number of aromatic nitrogens is 1. The Balaban J connectivity index is 2.65. The summed E-state index contributed by atoms with van der Waals surface area (Å²) < 4.78 is 0. The van der Waals surface area contributed by atoms with E-state index in [2.05, 4.69) is 4.98 Å². The molecule has 0 aliphatic heterocycles. The van der Waals surface area contributed by atoms with Crippen LogP contribution in [0.4, 0.5) is 0 Å². The molecule has 2 nitrogen and oxygen atoms in total. The summed E-state index contributed by atoms with van der Waals surface area (Å²) >= 11 is 1.64. The summed E-state index contributed by atoms with van der Waals surface area (Å²) in [5.41, 5.74) is -0.612. The highest BCUT2D eigenvalue weighted by Gasteiger charge is 2.14. The first-order valence-corrected chi connectivity index (χ1v) is 4.43. The van der Waals surface area contributed by atoms with Crippen molar-refractivity contribution in [3.05, 3.63) is 16.1 Å². The van der Waals surface area contributed by atoms with Gasteiger partial charge in [-0.1, -0.05) is 0 Å². The Morgan fingerprint density at radius 3 is 2.64 bits per heavy atom. The van der Waals surface area contributed by atoms with E-state index in [1.54, 1.807) is 11.3 Å². The smallest absolute Gasteiger partial charge is 0.0896 e. The molecule has 11 heavy (non-hydrogen) atoms. The minimum absolute atomic E-state index is 0.612. The van der Waals surface area contributed by atoms with Crippen LogP contribution in [0.2, 0.25) is 0 Å². The molecule has 0 aliphatic carbocycles. The summed E-state index contributed by atoms with van der Waals surface area (Å²) in [6.45, 7) is 5.59. The van der Waals surface area contributed by atoms with Crippen LogP contribution in [0.5, 0.6) is 0 Å². The molecule has 1 N–H and O–H groups in total. The summed E-state index contributed by atoms with van der Waals surface area (Å²) in [5, 5.41) is 10.5. The largest absolute Gasteiger partial charge is 0.390 e. The Morgan fingerprint density at radius 2 is 2.27 bits per heavy atom. The lowest BCUT2D eigenvalue weighted by atomic mass is 10.1. The lowest BCUT2D eigenvalue weighted by molar-refractivity contribution is 0.0818. The van der Waals surface area contributed by atoms with Gasteiger partial charge in [0.15, 0.2) is 0 Å². The molecular formula is C8H13NOS. The quantitative estimate of drug-likeness (QED) is 0.735. The molecule has 1 aromatic rings. The van der Waals surface area contributed by atoms with Gasteiger partial charge in [-0.25, -0.2) is 4.98 Å². The molecule has 1 heterocycles. The Hall–Kier alpha value is -0.410. The van der Waals surface area contributed by atoms with Gasteiger partial charge in [-0.2, -0.15) is 0 Å². The van der Waals surface area contributed by atoms with Crippen LogP contribution in [0, 0.1) is 6.92 Å². The number of rotatable bonds is 2. The summed E-state index contributed by atoms with van der Waals surface area (Å²) in [6.07, 6.45) is 2.52. The standard InChI is InChI=1S/C8H13NOS/c1-6-9-5-7(11-6)4-8(2,3)10/h5,10H,4H2,1-3H3. The second-order valence-electron chi connectivity index (χ2n) is 3.33. The van der Waals surface area contributed by atoms with E-state index >= 15 is 0 Å². The average Bonchev–Trinajstić information content (AvgIpc) is 2.10. The average molecular weight is 171 g/mol. The minimum atomic E-state index is -0.612. The predicted molar refractivity (Wildman–Crippen MR) is 46.9 cm³/mol. The van der Waals surface area contributed by atoms with E-state index in [1.807, 2.05) is 27.0 Å². The maximum Gasteiger partial charge on any atom is 0.0896 e. The van der Waals surface area contributed by atoms with Gasteiger partial charge in [0.05, 0.1) is 10.6 Å². The molecule has 0 fully saturated rings. The first-order valence-electron chi connectivity index (χ1n) is 3.61. The summed E-state index contributed by atoms with van der Waals surface area (Å²) in [5.74, 6) is 0. The molecule has 0 radical (unpaired) electrons. The van der Waals surface area contributed by atoms with Crippen LogP contribution < -0.4 is 0 Å². The topological polar surface area (TPSA) is 33.1 Å². The van der Waals surface area contributed by atoms with Gasteiger partial charge in [0.2, 0.25) is 0 Å². The van der Waals surface area contributed by atoms with Gasteiger partial charge in [0.1, 0.15) is 0 Å². The summed E-state index contributed by atoms with van der Waals surface area (Å²) in [7, 11) is 0. The normalized spacial score (nSPS) is 12.0. The molecule has 0 saturated carbocycles. The zero-order valence-electron chi connectivity index (χ0n) is 7.09. The molecule has 3 heteroatoms. The number of nitrogens with zero attached hydrogens (tertiary/aromatic N) is 1. The third-order valence-electron chi connectivity index (χ3n) is 1.28. The van der Waals surface area contributed by atoms with Crippen LogP contribution in [0.15, 0.2) is 6.20 Å². The highest BCUT2D eigenvalue weighted by atomic mass is 32.1. The lowest BCUT2D eigenvalue weighted by Gasteiger charge is -2.14. The fourth-order valence-electron chi connectivity index (χ4n) is 0.913. The molecule has 0 aliphatic rings. The maximum atomic E-state index is 9.46. The van der Waals surface area contributed by atoms with E-state index in [4.69, 9.17) is 0 Å². The minimum Gasteiger partial charge on any atom is -0.390 e. The fraction of sp³-hybridized carbons (Fsp3) is 0.625. The Kier molecular flexibility index (Phi) is 2.30. The predicted octanol–water partition coefficient (Wildman–Crippen LogP) is 1.76. The van der Waals surface area contributed by atoms with E-state index in [0.717, 1.165) is 9.88 Å². The van der Waals surface area contributed by atoms with Crippen LogP contribution in [-0.2, 0) is 6.42 Å². The van der Waals surface area contributed by atoms with Gasteiger partial charge in [0, 0.05) is 17.5 Å². The Morgan fingerprint density at radius 1 is 1.64 bits per heavy atom. The second-order valence-corrected chi connectivity index (χ2v) is 4.65. The highest BCUT2D eigenvalue weighted by Crippen LogP contribution is 2.17. The zero-order valence-corrected chi connectivity index (χ0v) is 7.90. The van der Waals surface area contributed by atoms with Crippen LogP contribution >= 0.6 is 11.3 Å². The van der Waals surface area contributed by atoms with Crippen molar-refractivity contribution in [3.63, 3.8) is 0 Å². The lowest BCUT2D eigenvalue weighted by Crippen LogP contribution is -2.21. The van der Waals surface area contributed by atoms with Gasteiger partial charge in [-0.05, 0) is 20.8 Å². The monoisotopic (exact) mass is 171 g/mol. The molecule has 1 rings (SSSR count). The van der Waals surface area contributed by atoms with E-state index in [0.29, 0.717) is 6.42 Å². The van der Waals surface area contributed by atoms with Crippen molar-refractivity contribution in [3.8, 4) is 0 Å². The SMILES string of the molecule is Cc1ncc(CC(C)(C)O)s1. The Bertz CT molecular complexity index is 236. The second kappa shape index (κ2) is 2.91. The van der Waals surface area contributed by atoms with Gasteiger partial charge in [0.25, 0.3) is 0 Å². The van der Waals surface area contributed by atoms with E-state index in [9.17, 15) is 5.11 Å². The first-order chi connectivity index (χ1) is 4.97.